The van der Waals surface area contributed by atoms with E-state index in [1.54, 1.807) is 12.1 Å². The Hall–Kier alpha value is -2.33. The van der Waals surface area contributed by atoms with Crippen LogP contribution in [0.3, 0.4) is 0 Å². The Morgan fingerprint density at radius 1 is 1.27 bits per heavy atom. The van der Waals surface area contributed by atoms with Crippen molar-refractivity contribution in [1.29, 1.82) is 0 Å². The Kier molecular flexibility index (Phi) is 5.98. The highest BCUT2D eigenvalue weighted by Crippen LogP contribution is 2.12. The van der Waals surface area contributed by atoms with E-state index >= 15 is 0 Å². The second kappa shape index (κ2) is 8.20. The van der Waals surface area contributed by atoms with Gasteiger partial charge >= 0.3 is 0 Å². The number of amides is 1. The van der Waals surface area contributed by atoms with Crippen LogP contribution < -0.4 is 10.2 Å². The van der Waals surface area contributed by atoms with Crippen LogP contribution in [0.25, 0.3) is 0 Å². The molecule has 22 heavy (non-hydrogen) atoms. The fraction of sp³-hybridized carbons (Fsp3) is 0.176. The van der Waals surface area contributed by atoms with Gasteiger partial charge < -0.3 is 4.74 Å². The zero-order chi connectivity index (χ0) is 15.8. The van der Waals surface area contributed by atoms with Gasteiger partial charge in [0.05, 0.1) is 6.21 Å². The molecular weight excluding hydrogens is 300 g/mol. The topological polar surface area (TPSA) is 50.7 Å². The lowest BCUT2D eigenvalue weighted by Crippen LogP contribution is -2.24. The van der Waals surface area contributed by atoms with Gasteiger partial charge in [0.15, 0.2) is 6.61 Å². The van der Waals surface area contributed by atoms with Gasteiger partial charge in [0, 0.05) is 5.02 Å². The molecule has 0 spiro atoms. The number of halogens is 1. The average Bonchev–Trinajstić information content (AvgIpc) is 2.53. The summed E-state index contributed by atoms with van der Waals surface area (Å²) in [5.74, 6) is 0.337. The summed E-state index contributed by atoms with van der Waals surface area (Å²) in [5.41, 5.74) is 4.44. The first-order valence-corrected chi connectivity index (χ1v) is 7.34. The number of nitrogens with zero attached hydrogens (tertiary/aromatic N) is 1. The summed E-state index contributed by atoms with van der Waals surface area (Å²) >= 11 is 5.86. The zero-order valence-electron chi connectivity index (χ0n) is 12.3. The minimum atomic E-state index is -0.321. The molecule has 5 heteroatoms. The van der Waals surface area contributed by atoms with Gasteiger partial charge in [0.2, 0.25) is 0 Å². The summed E-state index contributed by atoms with van der Waals surface area (Å²) in [6, 6.07) is 14.8. The minimum absolute atomic E-state index is 0.0850. The van der Waals surface area contributed by atoms with E-state index in [1.165, 1.54) is 11.8 Å². The fourth-order valence-electron chi connectivity index (χ4n) is 1.77. The normalized spacial score (nSPS) is 10.6. The molecule has 0 fully saturated rings. The number of hydrazone groups is 1. The number of hydrogen-bond acceptors (Lipinski definition) is 3. The molecule has 0 atom stereocenters. The second-order valence-electron chi connectivity index (χ2n) is 4.63. The van der Waals surface area contributed by atoms with E-state index in [-0.39, 0.29) is 12.5 Å². The van der Waals surface area contributed by atoms with Gasteiger partial charge in [-0.05, 0) is 41.8 Å². The van der Waals surface area contributed by atoms with E-state index in [2.05, 4.69) is 17.5 Å². The third-order valence-electron chi connectivity index (χ3n) is 2.95. The predicted octanol–water partition coefficient (Wildman–Crippen LogP) is 3.43. The van der Waals surface area contributed by atoms with Gasteiger partial charge in [0.1, 0.15) is 5.75 Å². The van der Waals surface area contributed by atoms with Crippen molar-refractivity contribution in [2.24, 2.45) is 5.10 Å². The van der Waals surface area contributed by atoms with E-state index in [9.17, 15) is 4.79 Å². The van der Waals surface area contributed by atoms with Crippen molar-refractivity contribution >= 4 is 23.7 Å². The van der Waals surface area contributed by atoms with E-state index < -0.39 is 0 Å². The monoisotopic (exact) mass is 316 g/mol. The number of rotatable bonds is 6. The summed E-state index contributed by atoms with van der Waals surface area (Å²) in [4.78, 5) is 11.6. The van der Waals surface area contributed by atoms with Gasteiger partial charge in [-0.2, -0.15) is 5.10 Å². The molecule has 2 aromatic rings. The summed E-state index contributed by atoms with van der Waals surface area (Å²) in [5, 5.41) is 4.48. The number of benzene rings is 2. The van der Waals surface area contributed by atoms with Crippen LogP contribution in [-0.2, 0) is 11.2 Å². The Labute approximate surface area is 134 Å². The molecule has 0 unspecified atom stereocenters. The van der Waals surface area contributed by atoms with E-state index in [0.29, 0.717) is 10.8 Å². The molecule has 0 aliphatic rings. The van der Waals surface area contributed by atoms with Gasteiger partial charge in [-0.15, -0.1) is 0 Å². The van der Waals surface area contributed by atoms with Gasteiger partial charge in [0.25, 0.3) is 5.91 Å². The highest BCUT2D eigenvalue weighted by atomic mass is 35.5. The van der Waals surface area contributed by atoms with Crippen LogP contribution in [0.15, 0.2) is 53.6 Å². The molecule has 0 saturated heterocycles. The van der Waals surface area contributed by atoms with Crippen LogP contribution in [0.1, 0.15) is 18.1 Å². The highest BCUT2D eigenvalue weighted by Gasteiger charge is 2.01. The summed E-state index contributed by atoms with van der Waals surface area (Å²) in [6.45, 7) is 2.00. The molecule has 0 saturated carbocycles. The second-order valence-corrected chi connectivity index (χ2v) is 5.07. The van der Waals surface area contributed by atoms with Crippen LogP contribution >= 0.6 is 11.6 Å². The summed E-state index contributed by atoms with van der Waals surface area (Å²) in [6.07, 6.45) is 2.50. The maximum atomic E-state index is 11.6. The molecule has 2 rings (SSSR count). The van der Waals surface area contributed by atoms with Crippen LogP contribution in [-0.4, -0.2) is 18.7 Å². The molecular formula is C17H17ClN2O2. The average molecular weight is 317 g/mol. The maximum Gasteiger partial charge on any atom is 0.277 e. The van der Waals surface area contributed by atoms with Gasteiger partial charge in [-0.1, -0.05) is 42.8 Å². The van der Waals surface area contributed by atoms with Crippen LogP contribution in [0.5, 0.6) is 5.75 Å². The van der Waals surface area contributed by atoms with Crippen LogP contribution in [0.4, 0.5) is 0 Å². The summed E-state index contributed by atoms with van der Waals surface area (Å²) in [7, 11) is 0. The molecule has 0 radical (unpaired) electrons. The lowest BCUT2D eigenvalue weighted by atomic mass is 10.2. The largest absolute Gasteiger partial charge is 0.484 e. The van der Waals surface area contributed by atoms with Gasteiger partial charge in [-0.25, -0.2) is 5.43 Å². The number of carbonyl (C=O) groups is 1. The molecule has 0 heterocycles. The molecule has 0 bridgehead atoms. The molecule has 2 aromatic carbocycles. The maximum absolute atomic E-state index is 11.6. The molecule has 0 aromatic heterocycles. The quantitative estimate of drug-likeness (QED) is 0.655. The SMILES string of the molecule is CCc1ccc(OCC(=O)NN=Cc2cccc(Cl)c2)cc1. The zero-order valence-corrected chi connectivity index (χ0v) is 13.0. The lowest BCUT2D eigenvalue weighted by Gasteiger charge is -2.05. The van der Waals surface area contributed by atoms with Gasteiger partial charge in [-0.3, -0.25) is 4.79 Å². The first-order valence-electron chi connectivity index (χ1n) is 6.96. The number of carbonyl (C=O) groups excluding carboxylic acids is 1. The fourth-order valence-corrected chi connectivity index (χ4v) is 1.97. The molecule has 0 aliphatic heterocycles. The smallest absolute Gasteiger partial charge is 0.277 e. The molecule has 114 valence electrons. The molecule has 1 N–H and O–H groups in total. The Bertz CT molecular complexity index is 654. The van der Waals surface area contributed by atoms with Crippen LogP contribution in [0, 0.1) is 0 Å². The number of ether oxygens (including phenoxy) is 1. The van der Waals surface area contributed by atoms with E-state index in [1.807, 2.05) is 36.4 Å². The summed E-state index contributed by atoms with van der Waals surface area (Å²) < 4.78 is 5.38. The standard InChI is InChI=1S/C17H17ClN2O2/c1-2-13-6-8-16(9-7-13)22-12-17(21)20-19-11-14-4-3-5-15(18)10-14/h3-11H,2,12H2,1H3,(H,20,21). The number of aryl methyl sites for hydroxylation is 1. The first-order chi connectivity index (χ1) is 10.7. The molecule has 4 nitrogen and oxygen atoms in total. The van der Waals surface area contributed by atoms with Crippen molar-refractivity contribution in [3.05, 3.63) is 64.7 Å². The molecule has 0 aliphatic carbocycles. The Morgan fingerprint density at radius 2 is 2.05 bits per heavy atom. The van der Waals surface area contributed by atoms with Crippen molar-refractivity contribution in [2.75, 3.05) is 6.61 Å². The van der Waals surface area contributed by atoms with Crippen molar-refractivity contribution in [2.45, 2.75) is 13.3 Å². The van der Waals surface area contributed by atoms with Crippen molar-refractivity contribution in [3.8, 4) is 5.75 Å². The number of hydrogen-bond donors (Lipinski definition) is 1. The molecule has 1 amide bonds. The van der Waals surface area contributed by atoms with Crippen molar-refractivity contribution < 1.29 is 9.53 Å². The first kappa shape index (κ1) is 16.0. The van der Waals surface area contributed by atoms with Crippen molar-refractivity contribution in [1.82, 2.24) is 5.43 Å². The van der Waals surface area contributed by atoms with Crippen LogP contribution in [0.2, 0.25) is 5.02 Å². The minimum Gasteiger partial charge on any atom is -0.484 e. The lowest BCUT2D eigenvalue weighted by molar-refractivity contribution is -0.123. The third kappa shape index (κ3) is 5.22. The van der Waals surface area contributed by atoms with E-state index in [0.717, 1.165) is 12.0 Å². The Balaban J connectivity index is 1.77. The Morgan fingerprint density at radius 3 is 2.73 bits per heavy atom. The third-order valence-corrected chi connectivity index (χ3v) is 3.19. The highest BCUT2D eigenvalue weighted by molar-refractivity contribution is 6.30. The number of nitrogens with one attached hydrogen (secondary N) is 1. The predicted molar refractivity (Wildman–Crippen MR) is 88.5 cm³/mol. The van der Waals surface area contributed by atoms with Crippen molar-refractivity contribution in [3.63, 3.8) is 0 Å². The van der Waals surface area contributed by atoms with E-state index in [4.69, 9.17) is 16.3 Å².